The van der Waals surface area contributed by atoms with Crippen LogP contribution in [0.4, 0.5) is 5.69 Å². The van der Waals surface area contributed by atoms with Gasteiger partial charge in [0.2, 0.25) is 5.91 Å². The molecule has 0 spiro atoms. The third-order valence-electron chi connectivity index (χ3n) is 7.46. The minimum atomic E-state index is -1.09. The van der Waals surface area contributed by atoms with Crippen LogP contribution < -0.4 is 19.1 Å². The zero-order valence-electron chi connectivity index (χ0n) is 22.0. The summed E-state index contributed by atoms with van der Waals surface area (Å²) >= 11 is 0. The van der Waals surface area contributed by atoms with E-state index in [4.69, 9.17) is 14.2 Å². The number of methoxy groups -OCH3 is 3. The monoisotopic (exact) mass is 527 g/mol. The van der Waals surface area contributed by atoms with Crippen molar-refractivity contribution in [1.29, 1.82) is 0 Å². The van der Waals surface area contributed by atoms with Crippen LogP contribution in [0.15, 0.2) is 78.0 Å². The Morgan fingerprint density at radius 2 is 1.51 bits per heavy atom. The summed E-state index contributed by atoms with van der Waals surface area (Å²) < 4.78 is 16.6. The van der Waals surface area contributed by atoms with Crippen LogP contribution in [0, 0.1) is 0 Å². The molecule has 1 N–H and O–H groups in total. The van der Waals surface area contributed by atoms with E-state index in [1.807, 2.05) is 30.3 Å². The maximum absolute atomic E-state index is 13.9. The molecule has 1 aliphatic carbocycles. The Bertz CT molecular complexity index is 1480. The van der Waals surface area contributed by atoms with E-state index < -0.39 is 11.9 Å². The van der Waals surface area contributed by atoms with E-state index in [1.165, 1.54) is 38.4 Å². The van der Waals surface area contributed by atoms with Gasteiger partial charge in [0.05, 0.1) is 26.9 Å². The van der Waals surface area contributed by atoms with Gasteiger partial charge < -0.3 is 19.3 Å². The predicted molar refractivity (Wildman–Crippen MR) is 145 cm³/mol. The predicted octanol–water partition coefficient (Wildman–Crippen LogP) is 5.33. The van der Waals surface area contributed by atoms with Crippen molar-refractivity contribution in [2.75, 3.05) is 26.2 Å². The number of hydrogen-bond donors (Lipinski definition) is 1. The first-order valence-corrected chi connectivity index (χ1v) is 12.6. The van der Waals surface area contributed by atoms with E-state index in [9.17, 15) is 19.5 Å². The van der Waals surface area contributed by atoms with Crippen molar-refractivity contribution in [2.24, 2.45) is 0 Å². The fourth-order valence-corrected chi connectivity index (χ4v) is 5.67. The van der Waals surface area contributed by atoms with Gasteiger partial charge in [-0.3, -0.25) is 14.5 Å². The lowest BCUT2D eigenvalue weighted by Gasteiger charge is -2.41. The van der Waals surface area contributed by atoms with Gasteiger partial charge in [0.15, 0.2) is 17.3 Å². The summed E-state index contributed by atoms with van der Waals surface area (Å²) in [7, 11) is 4.58. The number of Topliss-reactive ketones (excluding diaryl/α,β-unsaturated/α-hetero) is 1. The third-order valence-corrected chi connectivity index (χ3v) is 7.46. The Labute approximate surface area is 226 Å². The molecule has 2 aliphatic rings. The number of carboxylic acids is 1. The number of nitrogens with zero attached hydrogens (tertiary/aromatic N) is 1. The molecule has 0 aromatic heterocycles. The quantitative estimate of drug-likeness (QED) is 0.443. The van der Waals surface area contributed by atoms with Gasteiger partial charge in [-0.2, -0.15) is 0 Å². The maximum Gasteiger partial charge on any atom is 0.335 e. The Balaban J connectivity index is 1.71. The molecule has 5 rings (SSSR count). The smallest absolute Gasteiger partial charge is 0.335 e. The normalized spacial score (nSPS) is 19.0. The largest absolute Gasteiger partial charge is 0.496 e. The van der Waals surface area contributed by atoms with E-state index in [-0.39, 0.29) is 29.6 Å². The number of hydrogen-bond acceptors (Lipinski definition) is 6. The molecule has 3 aromatic rings. The molecule has 0 fully saturated rings. The molecule has 1 heterocycles. The highest BCUT2D eigenvalue weighted by Gasteiger charge is 2.43. The van der Waals surface area contributed by atoms with E-state index >= 15 is 0 Å². The number of benzene rings is 3. The number of allylic oxidation sites excluding steroid dienone is 2. The van der Waals surface area contributed by atoms with Crippen molar-refractivity contribution >= 4 is 23.3 Å². The van der Waals surface area contributed by atoms with Gasteiger partial charge in [0, 0.05) is 47.3 Å². The summed E-state index contributed by atoms with van der Waals surface area (Å²) in [4.78, 5) is 41.1. The SMILES string of the molecule is COc1cc(OC)c(C2CC(=O)N(c3cccc(C(=O)O)c3)C3=C2C(=O)CC(c2ccccc2)C3)cc1OC. The first kappa shape index (κ1) is 26.0. The molecular weight excluding hydrogens is 498 g/mol. The number of aromatic carboxylic acids is 1. The molecule has 3 aromatic carbocycles. The number of ketones is 1. The van der Waals surface area contributed by atoms with Crippen LogP contribution >= 0.6 is 0 Å². The Morgan fingerprint density at radius 1 is 0.821 bits per heavy atom. The summed E-state index contributed by atoms with van der Waals surface area (Å²) in [6, 6.07) is 19.5. The number of carbonyl (C=O) groups excluding carboxylic acids is 2. The highest BCUT2D eigenvalue weighted by Crippen LogP contribution is 2.50. The second kappa shape index (κ2) is 10.6. The number of carbonyl (C=O) groups is 3. The van der Waals surface area contributed by atoms with Gasteiger partial charge >= 0.3 is 5.97 Å². The van der Waals surface area contributed by atoms with Crippen molar-refractivity contribution in [3.05, 3.63) is 94.7 Å². The summed E-state index contributed by atoms with van der Waals surface area (Å²) in [5.41, 5.74) is 3.27. The van der Waals surface area contributed by atoms with Crippen molar-refractivity contribution in [2.45, 2.75) is 31.1 Å². The zero-order chi connectivity index (χ0) is 27.7. The minimum absolute atomic E-state index is 0.00369. The average Bonchev–Trinajstić information content (AvgIpc) is 2.96. The fraction of sp³-hybridized carbons (Fsp3) is 0.258. The molecule has 39 heavy (non-hydrogen) atoms. The van der Waals surface area contributed by atoms with Gasteiger partial charge in [0.25, 0.3) is 0 Å². The lowest BCUT2D eigenvalue weighted by Crippen LogP contribution is -2.42. The molecule has 0 bridgehead atoms. The van der Waals surface area contributed by atoms with Gasteiger partial charge in [-0.05, 0) is 42.2 Å². The van der Waals surface area contributed by atoms with Crippen LogP contribution in [0.1, 0.15) is 52.6 Å². The molecule has 0 saturated heterocycles. The van der Waals surface area contributed by atoms with Gasteiger partial charge in [0.1, 0.15) is 5.75 Å². The first-order chi connectivity index (χ1) is 18.9. The summed E-state index contributed by atoms with van der Waals surface area (Å²) in [5.74, 6) is -0.655. The number of amides is 1. The van der Waals surface area contributed by atoms with Crippen LogP contribution in [-0.4, -0.2) is 44.1 Å². The molecule has 0 saturated carbocycles. The highest BCUT2D eigenvalue weighted by atomic mass is 16.5. The number of anilines is 1. The first-order valence-electron chi connectivity index (χ1n) is 12.6. The van der Waals surface area contributed by atoms with E-state index in [1.54, 1.807) is 24.3 Å². The second-order valence-electron chi connectivity index (χ2n) is 9.59. The fourth-order valence-electron chi connectivity index (χ4n) is 5.67. The summed E-state index contributed by atoms with van der Waals surface area (Å²) in [6.45, 7) is 0. The van der Waals surface area contributed by atoms with Gasteiger partial charge in [-0.1, -0.05) is 36.4 Å². The van der Waals surface area contributed by atoms with Crippen molar-refractivity contribution < 1.29 is 33.7 Å². The lowest BCUT2D eigenvalue weighted by molar-refractivity contribution is -0.120. The van der Waals surface area contributed by atoms with Crippen molar-refractivity contribution in [3.63, 3.8) is 0 Å². The Morgan fingerprint density at radius 3 is 2.18 bits per heavy atom. The van der Waals surface area contributed by atoms with Crippen LogP contribution in [0.2, 0.25) is 0 Å². The third kappa shape index (κ3) is 4.74. The molecule has 8 heteroatoms. The number of ether oxygens (including phenoxy) is 3. The van der Waals surface area contributed by atoms with E-state index in [0.29, 0.717) is 52.6 Å². The standard InChI is InChI=1S/C31H29NO7/c1-37-26-17-28(39-3)27(38-2)15-22(26)23-16-29(34)32(21-11-7-10-19(12-21)31(35)36)24-13-20(14-25(33)30(23)24)18-8-5-4-6-9-18/h4-12,15,17,20,23H,13-14,16H2,1-3H3,(H,35,36). The zero-order valence-corrected chi connectivity index (χ0v) is 22.0. The Hall–Kier alpha value is -4.59. The topological polar surface area (TPSA) is 102 Å². The maximum atomic E-state index is 13.9. The van der Waals surface area contributed by atoms with E-state index in [0.717, 1.165) is 5.56 Å². The van der Waals surface area contributed by atoms with Crippen LogP contribution in [-0.2, 0) is 9.59 Å². The summed E-state index contributed by atoms with van der Waals surface area (Å²) in [6.07, 6.45) is 0.746. The number of rotatable bonds is 7. The number of carboxylic acid groups (broad SMARTS) is 1. The molecule has 200 valence electrons. The average molecular weight is 528 g/mol. The van der Waals surface area contributed by atoms with E-state index in [2.05, 4.69) is 0 Å². The van der Waals surface area contributed by atoms with Gasteiger partial charge in [-0.15, -0.1) is 0 Å². The Kier molecular flexibility index (Phi) is 7.11. The molecule has 1 amide bonds. The molecule has 2 atom stereocenters. The molecule has 8 nitrogen and oxygen atoms in total. The van der Waals surface area contributed by atoms with Crippen molar-refractivity contribution in [1.82, 2.24) is 0 Å². The second-order valence-corrected chi connectivity index (χ2v) is 9.59. The molecule has 1 aliphatic heterocycles. The lowest BCUT2D eigenvalue weighted by atomic mass is 9.72. The molecule has 0 radical (unpaired) electrons. The minimum Gasteiger partial charge on any atom is -0.496 e. The van der Waals surface area contributed by atoms with Crippen LogP contribution in [0.25, 0.3) is 0 Å². The molecule has 2 unspecified atom stereocenters. The molecular formula is C31H29NO7. The van der Waals surface area contributed by atoms with Gasteiger partial charge in [-0.25, -0.2) is 4.79 Å². The van der Waals surface area contributed by atoms with Crippen LogP contribution in [0.3, 0.4) is 0 Å². The van der Waals surface area contributed by atoms with Crippen molar-refractivity contribution in [3.8, 4) is 17.2 Å². The highest BCUT2D eigenvalue weighted by molar-refractivity contribution is 6.08. The van der Waals surface area contributed by atoms with Crippen LogP contribution in [0.5, 0.6) is 17.2 Å². The summed E-state index contributed by atoms with van der Waals surface area (Å²) in [5, 5.41) is 9.57.